The van der Waals surface area contributed by atoms with E-state index in [1.165, 1.54) is 0 Å². The Labute approximate surface area is 129 Å². The first-order valence-corrected chi connectivity index (χ1v) is 7.73. The molecule has 0 fully saturated rings. The van der Waals surface area contributed by atoms with Gasteiger partial charge in [-0.25, -0.2) is 15.0 Å². The molecule has 0 N–H and O–H groups in total. The van der Waals surface area contributed by atoms with Crippen molar-refractivity contribution in [3.63, 3.8) is 0 Å². The molecule has 0 saturated carbocycles. The minimum Gasteiger partial charge on any atom is -0.341 e. The van der Waals surface area contributed by atoms with E-state index in [2.05, 4.69) is 28.8 Å². The Kier molecular flexibility index (Phi) is 5.01. The fourth-order valence-electron chi connectivity index (χ4n) is 1.85. The molecule has 0 aliphatic carbocycles. The van der Waals surface area contributed by atoms with Crippen molar-refractivity contribution in [1.82, 2.24) is 19.9 Å². The summed E-state index contributed by atoms with van der Waals surface area (Å²) in [5.74, 6) is 1.19. The SMILES string of the molecule is Cc1cnc(CC(=O)N(C)Cc2cnc(C(C)C)nc2)s1. The first-order chi connectivity index (χ1) is 9.95. The summed E-state index contributed by atoms with van der Waals surface area (Å²) in [4.78, 5) is 27.8. The van der Waals surface area contributed by atoms with E-state index in [-0.39, 0.29) is 5.91 Å². The van der Waals surface area contributed by atoms with Gasteiger partial charge in [0, 0.05) is 48.5 Å². The van der Waals surface area contributed by atoms with Gasteiger partial charge in [-0.2, -0.15) is 0 Å². The molecule has 2 heterocycles. The smallest absolute Gasteiger partial charge is 0.229 e. The van der Waals surface area contributed by atoms with Crippen LogP contribution in [0.2, 0.25) is 0 Å². The molecule has 1 amide bonds. The standard InChI is InChI=1S/C15H20N4OS/c1-10(2)15-17-7-12(8-18-15)9-19(4)14(20)5-13-16-6-11(3)21-13/h6-8,10H,5,9H2,1-4H3. The summed E-state index contributed by atoms with van der Waals surface area (Å²) in [6.07, 6.45) is 5.73. The van der Waals surface area contributed by atoms with Gasteiger partial charge in [0.05, 0.1) is 6.42 Å². The van der Waals surface area contributed by atoms with Gasteiger partial charge in [-0.05, 0) is 6.92 Å². The summed E-state index contributed by atoms with van der Waals surface area (Å²) < 4.78 is 0. The number of thiazole rings is 1. The molecule has 2 aromatic rings. The summed E-state index contributed by atoms with van der Waals surface area (Å²) in [6.45, 7) is 6.62. The highest BCUT2D eigenvalue weighted by Gasteiger charge is 2.13. The van der Waals surface area contributed by atoms with Gasteiger partial charge < -0.3 is 4.90 Å². The van der Waals surface area contributed by atoms with E-state index in [0.29, 0.717) is 18.9 Å². The van der Waals surface area contributed by atoms with Crippen LogP contribution < -0.4 is 0 Å². The highest BCUT2D eigenvalue weighted by atomic mass is 32.1. The lowest BCUT2D eigenvalue weighted by atomic mass is 10.2. The summed E-state index contributed by atoms with van der Waals surface area (Å²) >= 11 is 1.56. The van der Waals surface area contributed by atoms with E-state index in [9.17, 15) is 4.79 Å². The van der Waals surface area contributed by atoms with Crippen LogP contribution in [0, 0.1) is 6.92 Å². The van der Waals surface area contributed by atoms with Gasteiger partial charge in [0.2, 0.25) is 5.91 Å². The zero-order valence-corrected chi connectivity index (χ0v) is 13.6. The maximum absolute atomic E-state index is 12.2. The Balaban J connectivity index is 1.93. The molecule has 0 saturated heterocycles. The monoisotopic (exact) mass is 304 g/mol. The molecule has 5 nitrogen and oxygen atoms in total. The Hall–Kier alpha value is -1.82. The van der Waals surface area contributed by atoms with Gasteiger partial charge in [-0.1, -0.05) is 13.8 Å². The molecule has 0 atom stereocenters. The third-order valence-electron chi connectivity index (χ3n) is 3.06. The Morgan fingerprint density at radius 3 is 2.43 bits per heavy atom. The Morgan fingerprint density at radius 1 is 1.24 bits per heavy atom. The van der Waals surface area contributed by atoms with Crippen LogP contribution >= 0.6 is 11.3 Å². The molecule has 6 heteroatoms. The minimum atomic E-state index is 0.0530. The van der Waals surface area contributed by atoms with Gasteiger partial charge in [-0.3, -0.25) is 4.79 Å². The zero-order chi connectivity index (χ0) is 15.4. The Morgan fingerprint density at radius 2 is 1.90 bits per heavy atom. The van der Waals surface area contributed by atoms with E-state index >= 15 is 0 Å². The van der Waals surface area contributed by atoms with Crippen LogP contribution in [0.25, 0.3) is 0 Å². The van der Waals surface area contributed by atoms with Crippen molar-refractivity contribution < 1.29 is 4.79 Å². The van der Waals surface area contributed by atoms with Crippen molar-refractivity contribution in [3.8, 4) is 0 Å². The van der Waals surface area contributed by atoms with E-state index in [0.717, 1.165) is 21.3 Å². The zero-order valence-electron chi connectivity index (χ0n) is 12.8. The van der Waals surface area contributed by atoms with Crippen LogP contribution in [0.15, 0.2) is 18.6 Å². The molecule has 0 radical (unpaired) electrons. The molecule has 0 aromatic carbocycles. The highest BCUT2D eigenvalue weighted by Crippen LogP contribution is 2.13. The van der Waals surface area contributed by atoms with Crippen molar-refractivity contribution in [2.75, 3.05) is 7.05 Å². The number of amides is 1. The lowest BCUT2D eigenvalue weighted by Crippen LogP contribution is -2.27. The van der Waals surface area contributed by atoms with Crippen molar-refractivity contribution in [3.05, 3.63) is 39.9 Å². The molecule has 112 valence electrons. The molecule has 21 heavy (non-hydrogen) atoms. The van der Waals surface area contributed by atoms with E-state index in [1.807, 2.05) is 6.92 Å². The highest BCUT2D eigenvalue weighted by molar-refractivity contribution is 7.11. The number of carbonyl (C=O) groups is 1. The van der Waals surface area contributed by atoms with E-state index in [1.54, 1.807) is 41.9 Å². The maximum Gasteiger partial charge on any atom is 0.229 e. The molecule has 0 aliphatic heterocycles. The molecule has 0 unspecified atom stereocenters. The van der Waals surface area contributed by atoms with Crippen LogP contribution in [-0.2, 0) is 17.8 Å². The molecule has 2 aromatic heterocycles. The quantitative estimate of drug-likeness (QED) is 0.852. The van der Waals surface area contributed by atoms with E-state index < -0.39 is 0 Å². The largest absolute Gasteiger partial charge is 0.341 e. The number of aromatic nitrogens is 3. The average molecular weight is 304 g/mol. The van der Waals surface area contributed by atoms with Gasteiger partial charge >= 0.3 is 0 Å². The van der Waals surface area contributed by atoms with Gasteiger partial charge in [0.1, 0.15) is 10.8 Å². The summed E-state index contributed by atoms with van der Waals surface area (Å²) in [7, 11) is 1.79. The minimum absolute atomic E-state index is 0.0530. The third kappa shape index (κ3) is 4.32. The van der Waals surface area contributed by atoms with Crippen molar-refractivity contribution >= 4 is 17.2 Å². The summed E-state index contributed by atoms with van der Waals surface area (Å²) in [5, 5.41) is 0.857. The van der Waals surface area contributed by atoms with Gasteiger partial charge in [0.15, 0.2) is 0 Å². The maximum atomic E-state index is 12.2. The van der Waals surface area contributed by atoms with Gasteiger partial charge in [-0.15, -0.1) is 11.3 Å². The van der Waals surface area contributed by atoms with Crippen LogP contribution in [0.3, 0.4) is 0 Å². The van der Waals surface area contributed by atoms with E-state index in [4.69, 9.17) is 0 Å². The molecule has 0 bridgehead atoms. The lowest BCUT2D eigenvalue weighted by molar-refractivity contribution is -0.129. The number of aryl methyl sites for hydroxylation is 1. The van der Waals surface area contributed by atoms with Gasteiger partial charge in [0.25, 0.3) is 0 Å². The number of hydrogen-bond acceptors (Lipinski definition) is 5. The normalized spacial score (nSPS) is 10.9. The average Bonchev–Trinajstić information content (AvgIpc) is 2.84. The molecule has 0 spiro atoms. The summed E-state index contributed by atoms with van der Waals surface area (Å²) in [5.41, 5.74) is 0.936. The number of hydrogen-bond donors (Lipinski definition) is 0. The second-order valence-corrected chi connectivity index (χ2v) is 6.71. The van der Waals surface area contributed by atoms with Crippen molar-refractivity contribution in [1.29, 1.82) is 0 Å². The molecular formula is C15H20N4OS. The van der Waals surface area contributed by atoms with Crippen LogP contribution in [0.1, 0.15) is 41.0 Å². The number of nitrogens with zero attached hydrogens (tertiary/aromatic N) is 4. The van der Waals surface area contributed by atoms with Crippen molar-refractivity contribution in [2.24, 2.45) is 0 Å². The lowest BCUT2D eigenvalue weighted by Gasteiger charge is -2.16. The first kappa shape index (κ1) is 15.6. The topological polar surface area (TPSA) is 59.0 Å². The number of rotatable bonds is 5. The Bertz CT molecular complexity index is 606. The van der Waals surface area contributed by atoms with Crippen LogP contribution in [0.5, 0.6) is 0 Å². The predicted octanol–water partition coefficient (Wildman–Crippen LogP) is 2.57. The predicted molar refractivity (Wildman–Crippen MR) is 83.2 cm³/mol. The molecular weight excluding hydrogens is 284 g/mol. The second-order valence-electron chi connectivity index (χ2n) is 5.40. The molecule has 2 rings (SSSR count). The third-order valence-corrected chi connectivity index (χ3v) is 3.97. The van der Waals surface area contributed by atoms with Crippen molar-refractivity contribution in [2.45, 2.75) is 39.7 Å². The number of carbonyl (C=O) groups excluding carboxylic acids is 1. The van der Waals surface area contributed by atoms with Crippen LogP contribution in [0.4, 0.5) is 0 Å². The number of likely N-dealkylation sites (N-methyl/N-ethyl adjacent to an activating group) is 1. The summed E-state index contributed by atoms with van der Waals surface area (Å²) in [6, 6.07) is 0. The second kappa shape index (κ2) is 6.76. The molecule has 0 aliphatic rings. The fourth-order valence-corrected chi connectivity index (χ4v) is 2.63. The van der Waals surface area contributed by atoms with Crippen LogP contribution in [-0.4, -0.2) is 32.8 Å². The fraction of sp³-hybridized carbons (Fsp3) is 0.467. The first-order valence-electron chi connectivity index (χ1n) is 6.91.